The van der Waals surface area contributed by atoms with E-state index in [2.05, 4.69) is 33.2 Å². The highest BCUT2D eigenvalue weighted by molar-refractivity contribution is 14.1. The summed E-state index contributed by atoms with van der Waals surface area (Å²) in [6.45, 7) is 2.85. The molecule has 0 aliphatic heterocycles. The van der Waals surface area contributed by atoms with E-state index in [1.807, 2.05) is 55.5 Å². The number of aryl methyl sites for hydroxylation is 1. The van der Waals surface area contributed by atoms with Crippen LogP contribution in [-0.2, 0) is 0 Å². The van der Waals surface area contributed by atoms with Gasteiger partial charge in [0.05, 0.1) is 6.54 Å². The van der Waals surface area contributed by atoms with Crippen LogP contribution in [0.25, 0.3) is 0 Å². The van der Waals surface area contributed by atoms with Gasteiger partial charge in [0, 0.05) is 9.26 Å². The van der Waals surface area contributed by atoms with Crippen molar-refractivity contribution in [3.8, 4) is 5.75 Å². The minimum atomic E-state index is -0.226. The zero-order chi connectivity index (χ0) is 15.1. The maximum absolute atomic E-state index is 11.8. The van der Waals surface area contributed by atoms with Crippen molar-refractivity contribution in [3.63, 3.8) is 0 Å². The van der Waals surface area contributed by atoms with E-state index in [1.54, 1.807) is 0 Å². The molecular weight excluding hydrogens is 379 g/mol. The number of carbonyl (C=O) groups excluding carboxylic acids is 1. The molecule has 0 atom stereocenters. The van der Waals surface area contributed by atoms with Crippen LogP contribution in [0.15, 0.2) is 48.5 Å². The van der Waals surface area contributed by atoms with Crippen LogP contribution in [0, 0.1) is 10.5 Å². The van der Waals surface area contributed by atoms with Gasteiger partial charge in [-0.3, -0.25) is 0 Å². The molecule has 0 heterocycles. The Kier molecular flexibility index (Phi) is 5.86. The summed E-state index contributed by atoms with van der Waals surface area (Å²) in [6, 6.07) is 15.2. The number of carbonyl (C=O) groups is 1. The van der Waals surface area contributed by atoms with Crippen LogP contribution in [0.1, 0.15) is 5.56 Å². The maximum atomic E-state index is 11.8. The Balaban J connectivity index is 1.72. The van der Waals surface area contributed by atoms with E-state index in [0.29, 0.717) is 13.2 Å². The summed E-state index contributed by atoms with van der Waals surface area (Å²) < 4.78 is 6.65. The molecule has 2 aromatic carbocycles. The molecule has 4 nitrogen and oxygen atoms in total. The molecule has 2 rings (SSSR count). The van der Waals surface area contributed by atoms with E-state index < -0.39 is 0 Å². The lowest BCUT2D eigenvalue weighted by Gasteiger charge is -2.11. The number of hydrogen-bond acceptors (Lipinski definition) is 2. The lowest BCUT2D eigenvalue weighted by molar-refractivity contribution is 0.247. The van der Waals surface area contributed by atoms with Crippen LogP contribution in [0.2, 0.25) is 0 Å². The molecule has 2 N–H and O–H groups in total. The molecule has 0 aliphatic carbocycles. The summed E-state index contributed by atoms with van der Waals surface area (Å²) in [6.07, 6.45) is 0. The van der Waals surface area contributed by atoms with Crippen molar-refractivity contribution in [2.24, 2.45) is 0 Å². The SMILES string of the molecule is Cc1cc(I)ccc1NC(=O)NCCOc1ccccc1. The second kappa shape index (κ2) is 7.87. The molecule has 0 unspecified atom stereocenters. The third-order valence-corrected chi connectivity index (χ3v) is 3.51. The van der Waals surface area contributed by atoms with Crippen molar-refractivity contribution in [2.45, 2.75) is 6.92 Å². The van der Waals surface area contributed by atoms with E-state index in [1.165, 1.54) is 0 Å². The minimum absolute atomic E-state index is 0.226. The van der Waals surface area contributed by atoms with E-state index in [4.69, 9.17) is 4.74 Å². The number of urea groups is 1. The largest absolute Gasteiger partial charge is 0.492 e. The zero-order valence-corrected chi connectivity index (χ0v) is 13.9. The Morgan fingerprint density at radius 1 is 1.19 bits per heavy atom. The highest BCUT2D eigenvalue weighted by atomic mass is 127. The number of halogens is 1. The minimum Gasteiger partial charge on any atom is -0.492 e. The molecule has 110 valence electrons. The summed E-state index contributed by atoms with van der Waals surface area (Å²) in [5.41, 5.74) is 1.86. The number of hydrogen-bond donors (Lipinski definition) is 2. The van der Waals surface area contributed by atoms with Crippen molar-refractivity contribution in [1.29, 1.82) is 0 Å². The van der Waals surface area contributed by atoms with Gasteiger partial charge in [-0.2, -0.15) is 0 Å². The van der Waals surface area contributed by atoms with E-state index in [9.17, 15) is 4.79 Å². The van der Waals surface area contributed by atoms with Gasteiger partial charge in [0.25, 0.3) is 0 Å². The Morgan fingerprint density at radius 2 is 1.95 bits per heavy atom. The van der Waals surface area contributed by atoms with Gasteiger partial charge in [-0.05, 0) is 65.4 Å². The molecule has 5 heteroatoms. The fourth-order valence-corrected chi connectivity index (χ4v) is 2.43. The Labute approximate surface area is 138 Å². The monoisotopic (exact) mass is 396 g/mol. The van der Waals surface area contributed by atoms with Crippen molar-refractivity contribution in [2.75, 3.05) is 18.5 Å². The van der Waals surface area contributed by atoms with Crippen LogP contribution in [0.5, 0.6) is 5.75 Å². The van der Waals surface area contributed by atoms with E-state index >= 15 is 0 Å². The molecule has 0 bridgehead atoms. The van der Waals surface area contributed by atoms with Crippen molar-refractivity contribution in [1.82, 2.24) is 5.32 Å². The summed E-state index contributed by atoms with van der Waals surface area (Å²) >= 11 is 2.24. The van der Waals surface area contributed by atoms with Gasteiger partial charge in [-0.15, -0.1) is 0 Å². The van der Waals surface area contributed by atoms with E-state index in [-0.39, 0.29) is 6.03 Å². The molecule has 0 saturated carbocycles. The Bertz CT molecular complexity index is 602. The number of para-hydroxylation sites is 1. The first-order chi connectivity index (χ1) is 10.1. The number of ether oxygens (including phenoxy) is 1. The highest BCUT2D eigenvalue weighted by Gasteiger charge is 2.04. The number of anilines is 1. The van der Waals surface area contributed by atoms with Gasteiger partial charge in [-0.25, -0.2) is 4.79 Å². The van der Waals surface area contributed by atoms with Gasteiger partial charge in [-0.1, -0.05) is 18.2 Å². The number of nitrogens with one attached hydrogen (secondary N) is 2. The molecule has 0 radical (unpaired) electrons. The van der Waals surface area contributed by atoms with Crippen molar-refractivity contribution < 1.29 is 9.53 Å². The molecule has 0 aromatic heterocycles. The number of amides is 2. The Morgan fingerprint density at radius 3 is 2.67 bits per heavy atom. The van der Waals surface area contributed by atoms with Crippen molar-refractivity contribution >= 4 is 34.3 Å². The first-order valence-corrected chi connectivity index (χ1v) is 7.72. The standard InChI is InChI=1S/C16H17IN2O2/c1-12-11-13(17)7-8-15(12)19-16(20)18-9-10-21-14-5-3-2-4-6-14/h2-8,11H,9-10H2,1H3,(H2,18,19,20). The van der Waals surface area contributed by atoms with Crippen LogP contribution in [0.3, 0.4) is 0 Å². The van der Waals surface area contributed by atoms with Crippen molar-refractivity contribution in [3.05, 3.63) is 57.7 Å². The molecule has 0 spiro atoms. The smallest absolute Gasteiger partial charge is 0.319 e. The maximum Gasteiger partial charge on any atom is 0.319 e. The summed E-state index contributed by atoms with van der Waals surface area (Å²) in [5, 5.41) is 5.59. The molecule has 21 heavy (non-hydrogen) atoms. The van der Waals surface area contributed by atoms with E-state index in [0.717, 1.165) is 20.6 Å². The first kappa shape index (κ1) is 15.6. The summed E-state index contributed by atoms with van der Waals surface area (Å²) in [5.74, 6) is 0.799. The fourth-order valence-electron chi connectivity index (χ4n) is 1.78. The third-order valence-electron chi connectivity index (χ3n) is 2.84. The van der Waals surface area contributed by atoms with Crippen LogP contribution < -0.4 is 15.4 Å². The lowest BCUT2D eigenvalue weighted by Crippen LogP contribution is -2.32. The molecule has 2 aromatic rings. The number of benzene rings is 2. The molecule has 0 fully saturated rings. The average Bonchev–Trinajstić information content (AvgIpc) is 2.48. The second-order valence-electron chi connectivity index (χ2n) is 4.50. The van der Waals surface area contributed by atoms with Crippen LogP contribution in [-0.4, -0.2) is 19.2 Å². The van der Waals surface area contributed by atoms with Crippen LogP contribution >= 0.6 is 22.6 Å². The van der Waals surface area contributed by atoms with Gasteiger partial charge >= 0.3 is 6.03 Å². The molecular formula is C16H17IN2O2. The Hall–Kier alpha value is -1.76. The molecule has 0 aliphatic rings. The summed E-state index contributed by atoms with van der Waals surface area (Å²) in [4.78, 5) is 11.8. The third kappa shape index (κ3) is 5.26. The fraction of sp³-hybridized carbons (Fsp3) is 0.188. The van der Waals surface area contributed by atoms with Gasteiger partial charge in [0.1, 0.15) is 12.4 Å². The van der Waals surface area contributed by atoms with Gasteiger partial charge in [0.15, 0.2) is 0 Å². The number of rotatable bonds is 5. The average molecular weight is 396 g/mol. The first-order valence-electron chi connectivity index (χ1n) is 6.64. The zero-order valence-electron chi connectivity index (χ0n) is 11.7. The topological polar surface area (TPSA) is 50.4 Å². The summed E-state index contributed by atoms with van der Waals surface area (Å²) in [7, 11) is 0. The normalized spacial score (nSPS) is 10.0. The quantitative estimate of drug-likeness (QED) is 0.597. The van der Waals surface area contributed by atoms with Crippen LogP contribution in [0.4, 0.5) is 10.5 Å². The highest BCUT2D eigenvalue weighted by Crippen LogP contribution is 2.17. The predicted octanol–water partition coefficient (Wildman–Crippen LogP) is 3.80. The van der Waals surface area contributed by atoms with Gasteiger partial charge < -0.3 is 15.4 Å². The van der Waals surface area contributed by atoms with Gasteiger partial charge in [0.2, 0.25) is 0 Å². The molecule has 2 amide bonds. The lowest BCUT2D eigenvalue weighted by atomic mass is 10.2. The second-order valence-corrected chi connectivity index (χ2v) is 5.75. The molecule has 0 saturated heterocycles. The predicted molar refractivity (Wildman–Crippen MR) is 92.9 cm³/mol.